The monoisotopic (exact) mass is 240 g/mol. The lowest BCUT2D eigenvalue weighted by molar-refractivity contribution is -0.126. The first-order valence-corrected chi connectivity index (χ1v) is 6.77. The van der Waals surface area contributed by atoms with Crippen molar-refractivity contribution in [1.82, 2.24) is 10.6 Å². The van der Waals surface area contributed by atoms with Crippen LogP contribution in [0.5, 0.6) is 0 Å². The van der Waals surface area contributed by atoms with Crippen molar-refractivity contribution in [2.24, 2.45) is 17.8 Å². The molecule has 0 aliphatic carbocycles. The maximum absolute atomic E-state index is 12.1. The van der Waals surface area contributed by atoms with Gasteiger partial charge in [0.25, 0.3) is 0 Å². The summed E-state index contributed by atoms with van der Waals surface area (Å²) >= 11 is 0. The summed E-state index contributed by atoms with van der Waals surface area (Å²) in [6.07, 6.45) is 2.14. The second-order valence-electron chi connectivity index (χ2n) is 5.49. The van der Waals surface area contributed by atoms with Gasteiger partial charge in [0, 0.05) is 25.8 Å². The van der Waals surface area contributed by atoms with Gasteiger partial charge in [-0.25, -0.2) is 0 Å². The van der Waals surface area contributed by atoms with Crippen LogP contribution in [0.15, 0.2) is 0 Å². The Kier molecular flexibility index (Phi) is 4.40. The summed E-state index contributed by atoms with van der Waals surface area (Å²) in [5, 5.41) is 6.46. The Labute approximate surface area is 103 Å². The van der Waals surface area contributed by atoms with Gasteiger partial charge in [-0.3, -0.25) is 4.79 Å². The number of ether oxygens (including phenoxy) is 1. The molecule has 1 amide bonds. The highest BCUT2D eigenvalue weighted by atomic mass is 16.5. The molecule has 0 aromatic rings. The van der Waals surface area contributed by atoms with Crippen molar-refractivity contribution in [3.05, 3.63) is 0 Å². The zero-order chi connectivity index (χ0) is 12.3. The smallest absolute Gasteiger partial charge is 0.224 e. The van der Waals surface area contributed by atoms with Gasteiger partial charge in [-0.05, 0) is 38.1 Å². The van der Waals surface area contributed by atoms with Crippen molar-refractivity contribution in [3.63, 3.8) is 0 Å². The summed E-state index contributed by atoms with van der Waals surface area (Å²) in [6.45, 7) is 7.74. The summed E-state index contributed by atoms with van der Waals surface area (Å²) in [4.78, 5) is 12.1. The topological polar surface area (TPSA) is 50.4 Å². The van der Waals surface area contributed by atoms with Gasteiger partial charge in [-0.2, -0.15) is 0 Å². The molecule has 2 aliphatic heterocycles. The Bertz CT molecular complexity index is 264. The van der Waals surface area contributed by atoms with Crippen LogP contribution in [0.1, 0.15) is 26.7 Å². The number of carbonyl (C=O) groups excluding carboxylic acids is 1. The summed E-state index contributed by atoms with van der Waals surface area (Å²) in [5.41, 5.74) is 0. The van der Waals surface area contributed by atoms with Gasteiger partial charge in [-0.1, -0.05) is 6.92 Å². The molecule has 2 aliphatic rings. The van der Waals surface area contributed by atoms with Crippen molar-refractivity contribution < 1.29 is 9.53 Å². The third-order valence-corrected chi connectivity index (χ3v) is 4.20. The summed E-state index contributed by atoms with van der Waals surface area (Å²) in [6, 6.07) is 0.277. The van der Waals surface area contributed by atoms with E-state index in [1.807, 2.05) is 0 Å². The van der Waals surface area contributed by atoms with E-state index in [2.05, 4.69) is 24.5 Å². The van der Waals surface area contributed by atoms with Crippen LogP contribution in [-0.2, 0) is 9.53 Å². The van der Waals surface area contributed by atoms with Crippen LogP contribution < -0.4 is 10.6 Å². The van der Waals surface area contributed by atoms with E-state index >= 15 is 0 Å². The highest BCUT2D eigenvalue weighted by Gasteiger charge is 2.31. The lowest BCUT2D eigenvalue weighted by Crippen LogP contribution is -2.44. The fourth-order valence-electron chi connectivity index (χ4n) is 2.83. The van der Waals surface area contributed by atoms with Crippen LogP contribution in [0.25, 0.3) is 0 Å². The molecule has 2 rings (SSSR count). The molecule has 3 unspecified atom stereocenters. The summed E-state index contributed by atoms with van der Waals surface area (Å²) in [7, 11) is 0. The molecule has 0 spiro atoms. The Hall–Kier alpha value is -0.610. The minimum atomic E-state index is 0.150. The van der Waals surface area contributed by atoms with E-state index in [1.165, 1.54) is 0 Å². The second-order valence-corrected chi connectivity index (χ2v) is 5.49. The third-order valence-electron chi connectivity index (χ3n) is 4.20. The molecule has 0 aromatic carbocycles. The van der Waals surface area contributed by atoms with Gasteiger partial charge in [0.2, 0.25) is 5.91 Å². The van der Waals surface area contributed by atoms with Gasteiger partial charge in [0.05, 0.1) is 5.92 Å². The van der Waals surface area contributed by atoms with Gasteiger partial charge >= 0.3 is 0 Å². The van der Waals surface area contributed by atoms with E-state index in [0.29, 0.717) is 11.8 Å². The highest BCUT2D eigenvalue weighted by Crippen LogP contribution is 2.20. The van der Waals surface area contributed by atoms with Crippen molar-refractivity contribution in [1.29, 1.82) is 0 Å². The summed E-state index contributed by atoms with van der Waals surface area (Å²) in [5.74, 6) is 1.41. The second kappa shape index (κ2) is 5.83. The zero-order valence-corrected chi connectivity index (χ0v) is 10.9. The maximum Gasteiger partial charge on any atom is 0.224 e. The lowest BCUT2D eigenvalue weighted by atomic mass is 9.91. The van der Waals surface area contributed by atoms with Crippen molar-refractivity contribution in [3.8, 4) is 0 Å². The predicted molar refractivity (Wildman–Crippen MR) is 66.7 cm³/mol. The number of hydrogen-bond donors (Lipinski definition) is 2. The lowest BCUT2D eigenvalue weighted by Gasteiger charge is -2.29. The van der Waals surface area contributed by atoms with Gasteiger partial charge < -0.3 is 15.4 Å². The molecular weight excluding hydrogens is 216 g/mol. The normalized spacial score (nSPS) is 32.4. The van der Waals surface area contributed by atoms with Crippen molar-refractivity contribution in [2.45, 2.75) is 32.7 Å². The Morgan fingerprint density at radius 2 is 2.06 bits per heavy atom. The Morgan fingerprint density at radius 3 is 2.65 bits per heavy atom. The van der Waals surface area contributed by atoms with Crippen LogP contribution in [0.3, 0.4) is 0 Å². The molecule has 2 fully saturated rings. The molecule has 2 N–H and O–H groups in total. The first kappa shape index (κ1) is 12.8. The first-order chi connectivity index (χ1) is 8.18. The highest BCUT2D eigenvalue weighted by molar-refractivity contribution is 5.79. The van der Waals surface area contributed by atoms with Crippen LogP contribution >= 0.6 is 0 Å². The zero-order valence-electron chi connectivity index (χ0n) is 10.9. The number of amides is 1. The molecule has 17 heavy (non-hydrogen) atoms. The molecule has 4 nitrogen and oxygen atoms in total. The van der Waals surface area contributed by atoms with E-state index in [0.717, 1.165) is 39.1 Å². The largest absolute Gasteiger partial charge is 0.381 e. The third kappa shape index (κ3) is 3.19. The van der Waals surface area contributed by atoms with Crippen LogP contribution in [0.2, 0.25) is 0 Å². The first-order valence-electron chi connectivity index (χ1n) is 6.77. The standard InChI is InChI=1S/C13H24N2O2/c1-9-7-14-8-12(9)13(16)15-10(2)11-3-5-17-6-4-11/h9-12,14H,3-8H2,1-2H3,(H,15,16). The Morgan fingerprint density at radius 1 is 1.35 bits per heavy atom. The summed E-state index contributed by atoms with van der Waals surface area (Å²) < 4.78 is 5.35. The average Bonchev–Trinajstić information content (AvgIpc) is 2.76. The van der Waals surface area contributed by atoms with Crippen LogP contribution in [0, 0.1) is 17.8 Å². The molecule has 0 radical (unpaired) electrons. The van der Waals surface area contributed by atoms with Crippen LogP contribution in [0.4, 0.5) is 0 Å². The fraction of sp³-hybridized carbons (Fsp3) is 0.923. The minimum absolute atomic E-state index is 0.150. The minimum Gasteiger partial charge on any atom is -0.381 e. The fourth-order valence-corrected chi connectivity index (χ4v) is 2.83. The van der Waals surface area contributed by atoms with Gasteiger partial charge in [0.1, 0.15) is 0 Å². The molecule has 98 valence electrons. The quantitative estimate of drug-likeness (QED) is 0.766. The van der Waals surface area contributed by atoms with Crippen molar-refractivity contribution >= 4 is 5.91 Å². The molecule has 0 saturated carbocycles. The average molecular weight is 240 g/mol. The van der Waals surface area contributed by atoms with E-state index < -0.39 is 0 Å². The number of rotatable bonds is 3. The molecule has 0 aromatic heterocycles. The van der Waals surface area contributed by atoms with E-state index in [-0.39, 0.29) is 17.9 Å². The SMILES string of the molecule is CC1CNCC1C(=O)NC(C)C1CCOCC1. The maximum atomic E-state index is 12.1. The number of nitrogens with one attached hydrogen (secondary N) is 2. The molecule has 4 heteroatoms. The van der Waals surface area contributed by atoms with E-state index in [9.17, 15) is 4.79 Å². The van der Waals surface area contributed by atoms with Crippen molar-refractivity contribution in [2.75, 3.05) is 26.3 Å². The molecular formula is C13H24N2O2. The van der Waals surface area contributed by atoms with E-state index in [1.54, 1.807) is 0 Å². The number of carbonyl (C=O) groups is 1. The Balaban J connectivity index is 1.80. The molecule has 2 heterocycles. The molecule has 3 atom stereocenters. The van der Waals surface area contributed by atoms with E-state index in [4.69, 9.17) is 4.74 Å². The molecule has 0 bridgehead atoms. The van der Waals surface area contributed by atoms with Gasteiger partial charge in [-0.15, -0.1) is 0 Å². The van der Waals surface area contributed by atoms with Crippen LogP contribution in [-0.4, -0.2) is 38.3 Å². The number of hydrogen-bond acceptors (Lipinski definition) is 3. The molecule has 2 saturated heterocycles. The predicted octanol–water partition coefficient (Wildman–Crippen LogP) is 0.773. The van der Waals surface area contributed by atoms with Gasteiger partial charge in [0.15, 0.2) is 0 Å².